The van der Waals surface area contributed by atoms with Crippen LogP contribution in [0.5, 0.6) is 0 Å². The Bertz CT molecular complexity index is 379. The molecule has 1 fully saturated rings. The number of nitrogens with one attached hydrogen (secondary N) is 1. The molecule has 1 aromatic heterocycles. The summed E-state index contributed by atoms with van der Waals surface area (Å²) in [4.78, 5) is 7.21. The minimum absolute atomic E-state index is 0.341. The van der Waals surface area contributed by atoms with Crippen LogP contribution in [-0.2, 0) is 4.74 Å². The summed E-state index contributed by atoms with van der Waals surface area (Å²) in [6.45, 7) is 7.14. The van der Waals surface area contributed by atoms with Crippen LogP contribution in [0.3, 0.4) is 0 Å². The molecule has 0 aliphatic heterocycles. The Hall–Kier alpha value is -0.650. The van der Waals surface area contributed by atoms with E-state index in [1.165, 1.54) is 12.8 Å². The van der Waals surface area contributed by atoms with Gasteiger partial charge in [-0.15, -0.1) is 11.3 Å². The van der Waals surface area contributed by atoms with Gasteiger partial charge in [-0.2, -0.15) is 0 Å². The van der Waals surface area contributed by atoms with Crippen molar-refractivity contribution in [3.05, 3.63) is 11.1 Å². The summed E-state index contributed by atoms with van der Waals surface area (Å²) < 4.78 is 5.20. The van der Waals surface area contributed by atoms with Crippen molar-refractivity contribution in [2.45, 2.75) is 45.2 Å². The van der Waals surface area contributed by atoms with E-state index < -0.39 is 0 Å². The molecule has 1 aliphatic rings. The van der Waals surface area contributed by atoms with Gasteiger partial charge in [-0.1, -0.05) is 6.92 Å². The van der Waals surface area contributed by atoms with E-state index >= 15 is 0 Å². The molecule has 19 heavy (non-hydrogen) atoms. The molecule has 0 amide bonds. The van der Waals surface area contributed by atoms with Crippen LogP contribution in [0.4, 0.5) is 5.13 Å². The van der Waals surface area contributed by atoms with Crippen molar-refractivity contribution in [1.29, 1.82) is 0 Å². The van der Waals surface area contributed by atoms with E-state index in [0.717, 1.165) is 36.9 Å². The van der Waals surface area contributed by atoms with Crippen molar-refractivity contribution < 1.29 is 4.74 Å². The molecular formula is C14H25N3OS. The quantitative estimate of drug-likeness (QED) is 0.756. The first-order chi connectivity index (χ1) is 9.26. The lowest BCUT2D eigenvalue weighted by atomic mass is 10.2. The van der Waals surface area contributed by atoms with Crippen molar-refractivity contribution in [2.75, 3.05) is 31.7 Å². The van der Waals surface area contributed by atoms with Crippen molar-refractivity contribution in [1.82, 2.24) is 10.3 Å². The van der Waals surface area contributed by atoms with Gasteiger partial charge in [-0.25, -0.2) is 4.98 Å². The van der Waals surface area contributed by atoms with Gasteiger partial charge >= 0.3 is 0 Å². The van der Waals surface area contributed by atoms with E-state index in [2.05, 4.69) is 29.4 Å². The lowest BCUT2D eigenvalue weighted by Crippen LogP contribution is -2.29. The van der Waals surface area contributed by atoms with Gasteiger partial charge in [0.15, 0.2) is 5.13 Å². The van der Waals surface area contributed by atoms with E-state index in [1.807, 2.05) is 0 Å². The predicted octanol–water partition coefficient (Wildman–Crippen LogP) is 2.82. The summed E-state index contributed by atoms with van der Waals surface area (Å²) >= 11 is 1.76. The zero-order valence-electron chi connectivity index (χ0n) is 12.2. The second-order valence-electron chi connectivity index (χ2n) is 5.15. The summed E-state index contributed by atoms with van der Waals surface area (Å²) in [5.74, 6) is 0. The number of hydrogen-bond acceptors (Lipinski definition) is 5. The molecule has 0 aromatic carbocycles. The molecule has 1 N–H and O–H groups in total. The highest BCUT2D eigenvalue weighted by Gasteiger charge is 2.30. The first kappa shape index (κ1) is 14.8. The fourth-order valence-electron chi connectivity index (χ4n) is 2.08. The van der Waals surface area contributed by atoms with E-state index in [1.54, 1.807) is 18.4 Å². The highest BCUT2D eigenvalue weighted by Crippen LogP contribution is 2.34. The van der Waals surface area contributed by atoms with Crippen LogP contribution in [0.25, 0.3) is 0 Å². The standard InChI is InChI=1S/C14H25N3OS/c1-4-7-15-11(2)13-10-19-14(16-13)17(8-9-18-3)12-5-6-12/h10-12,15H,4-9H2,1-3H3. The maximum atomic E-state index is 5.20. The average Bonchev–Trinajstić information content (AvgIpc) is 3.13. The summed E-state index contributed by atoms with van der Waals surface area (Å²) in [6.07, 6.45) is 3.74. The Morgan fingerprint density at radius 2 is 2.37 bits per heavy atom. The Labute approximate surface area is 120 Å². The molecule has 108 valence electrons. The number of hydrogen-bond donors (Lipinski definition) is 1. The number of methoxy groups -OCH3 is 1. The minimum Gasteiger partial charge on any atom is -0.383 e. The molecule has 1 atom stereocenters. The van der Waals surface area contributed by atoms with Gasteiger partial charge in [0, 0.05) is 31.1 Å². The minimum atomic E-state index is 0.341. The van der Waals surface area contributed by atoms with Crippen molar-refractivity contribution in [2.24, 2.45) is 0 Å². The third kappa shape index (κ3) is 4.16. The molecule has 1 heterocycles. The molecule has 5 heteroatoms. The largest absolute Gasteiger partial charge is 0.383 e. The van der Waals surface area contributed by atoms with Crippen LogP contribution < -0.4 is 10.2 Å². The van der Waals surface area contributed by atoms with E-state index in [4.69, 9.17) is 9.72 Å². The van der Waals surface area contributed by atoms with Gasteiger partial charge in [0.05, 0.1) is 12.3 Å². The Morgan fingerprint density at radius 3 is 3.00 bits per heavy atom. The van der Waals surface area contributed by atoms with E-state index in [9.17, 15) is 0 Å². The summed E-state index contributed by atoms with van der Waals surface area (Å²) in [5.41, 5.74) is 1.16. The number of rotatable bonds is 9. The maximum Gasteiger partial charge on any atom is 0.185 e. The van der Waals surface area contributed by atoms with Crippen molar-refractivity contribution >= 4 is 16.5 Å². The number of thiazole rings is 1. The molecule has 1 saturated carbocycles. The van der Waals surface area contributed by atoms with Crippen LogP contribution in [0, 0.1) is 0 Å². The summed E-state index contributed by atoms with van der Waals surface area (Å²) in [6, 6.07) is 1.03. The zero-order valence-corrected chi connectivity index (χ0v) is 13.0. The Balaban J connectivity index is 1.97. The normalized spacial score (nSPS) is 16.6. The maximum absolute atomic E-state index is 5.20. The first-order valence-electron chi connectivity index (χ1n) is 7.20. The molecule has 0 bridgehead atoms. The molecule has 0 radical (unpaired) electrons. The lowest BCUT2D eigenvalue weighted by molar-refractivity contribution is 0.205. The lowest BCUT2D eigenvalue weighted by Gasteiger charge is -2.21. The molecule has 1 aromatic rings. The Kier molecular flexibility index (Phi) is 5.60. The van der Waals surface area contributed by atoms with Crippen LogP contribution in [-0.4, -0.2) is 37.8 Å². The van der Waals surface area contributed by atoms with Gasteiger partial charge < -0.3 is 15.0 Å². The fourth-order valence-corrected chi connectivity index (χ4v) is 3.10. The monoisotopic (exact) mass is 283 g/mol. The van der Waals surface area contributed by atoms with Crippen molar-refractivity contribution in [3.63, 3.8) is 0 Å². The average molecular weight is 283 g/mol. The number of anilines is 1. The van der Waals surface area contributed by atoms with Crippen LogP contribution >= 0.6 is 11.3 Å². The molecule has 0 spiro atoms. The molecule has 2 rings (SSSR count). The third-order valence-electron chi connectivity index (χ3n) is 3.42. The van der Waals surface area contributed by atoms with E-state index in [0.29, 0.717) is 12.1 Å². The highest BCUT2D eigenvalue weighted by atomic mass is 32.1. The number of ether oxygens (including phenoxy) is 1. The van der Waals surface area contributed by atoms with Gasteiger partial charge in [0.1, 0.15) is 0 Å². The van der Waals surface area contributed by atoms with Crippen LogP contribution in [0.15, 0.2) is 5.38 Å². The van der Waals surface area contributed by atoms with Gasteiger partial charge in [0.25, 0.3) is 0 Å². The van der Waals surface area contributed by atoms with Crippen LogP contribution in [0.2, 0.25) is 0 Å². The van der Waals surface area contributed by atoms with Crippen molar-refractivity contribution in [3.8, 4) is 0 Å². The third-order valence-corrected chi connectivity index (χ3v) is 4.32. The summed E-state index contributed by atoms with van der Waals surface area (Å²) in [7, 11) is 1.76. The topological polar surface area (TPSA) is 37.4 Å². The molecular weight excluding hydrogens is 258 g/mol. The molecule has 0 saturated heterocycles. The number of nitrogens with zero attached hydrogens (tertiary/aromatic N) is 2. The summed E-state index contributed by atoms with van der Waals surface area (Å²) in [5, 5.41) is 6.83. The second-order valence-corrected chi connectivity index (χ2v) is 5.98. The smallest absolute Gasteiger partial charge is 0.185 e. The van der Waals surface area contributed by atoms with Gasteiger partial charge in [-0.3, -0.25) is 0 Å². The molecule has 1 aliphatic carbocycles. The zero-order chi connectivity index (χ0) is 13.7. The molecule has 1 unspecified atom stereocenters. The fraction of sp³-hybridized carbons (Fsp3) is 0.786. The first-order valence-corrected chi connectivity index (χ1v) is 8.08. The predicted molar refractivity (Wildman–Crippen MR) is 81.1 cm³/mol. The van der Waals surface area contributed by atoms with Gasteiger partial charge in [0.2, 0.25) is 0 Å². The van der Waals surface area contributed by atoms with Gasteiger partial charge in [-0.05, 0) is 32.7 Å². The van der Waals surface area contributed by atoms with Crippen LogP contribution in [0.1, 0.15) is 44.8 Å². The van der Waals surface area contributed by atoms with E-state index in [-0.39, 0.29) is 0 Å². The number of aromatic nitrogens is 1. The molecule has 4 nitrogen and oxygen atoms in total. The SMILES string of the molecule is CCCNC(C)c1csc(N(CCOC)C2CC2)n1. The second kappa shape index (κ2) is 7.22. The Morgan fingerprint density at radius 1 is 1.58 bits per heavy atom. The highest BCUT2D eigenvalue weighted by molar-refractivity contribution is 7.13.